The first kappa shape index (κ1) is 14.7. The Balaban J connectivity index is 2.60. The van der Waals surface area contributed by atoms with E-state index in [2.05, 4.69) is 9.97 Å². The van der Waals surface area contributed by atoms with E-state index in [9.17, 15) is 4.79 Å². The molecule has 0 bridgehead atoms. The molecule has 1 aromatic carbocycles. The first-order valence-electron chi connectivity index (χ1n) is 6.58. The van der Waals surface area contributed by atoms with Crippen molar-refractivity contribution < 1.29 is 9.47 Å². The van der Waals surface area contributed by atoms with E-state index in [1.54, 1.807) is 12.1 Å². The predicted octanol–water partition coefficient (Wildman–Crippen LogP) is 2.50. The molecule has 0 spiro atoms. The van der Waals surface area contributed by atoms with Crippen LogP contribution >= 0.6 is 11.6 Å². The fourth-order valence-electron chi connectivity index (χ4n) is 1.94. The molecule has 1 heterocycles. The fraction of sp³-hybridized carbons (Fsp3) is 0.429. The zero-order chi connectivity index (χ0) is 14.5. The van der Waals surface area contributed by atoms with Gasteiger partial charge in [0.05, 0.1) is 24.1 Å². The highest BCUT2D eigenvalue weighted by Crippen LogP contribution is 2.30. The van der Waals surface area contributed by atoms with Gasteiger partial charge in [0.15, 0.2) is 11.5 Å². The molecule has 0 atom stereocenters. The minimum atomic E-state index is -0.195. The van der Waals surface area contributed by atoms with Crippen molar-refractivity contribution in [1.29, 1.82) is 0 Å². The summed E-state index contributed by atoms with van der Waals surface area (Å²) >= 11 is 5.68. The van der Waals surface area contributed by atoms with Crippen LogP contribution in [0.25, 0.3) is 10.9 Å². The van der Waals surface area contributed by atoms with Gasteiger partial charge >= 0.3 is 0 Å². The van der Waals surface area contributed by atoms with Crippen molar-refractivity contribution in [2.45, 2.75) is 20.3 Å². The summed E-state index contributed by atoms with van der Waals surface area (Å²) in [6.45, 7) is 4.79. The van der Waals surface area contributed by atoms with E-state index >= 15 is 0 Å². The molecule has 0 aliphatic rings. The van der Waals surface area contributed by atoms with Crippen molar-refractivity contribution in [3.8, 4) is 11.5 Å². The molecule has 108 valence electrons. The molecule has 0 aliphatic carbocycles. The van der Waals surface area contributed by atoms with Gasteiger partial charge in [0, 0.05) is 18.4 Å². The normalized spacial score (nSPS) is 10.8. The molecule has 0 saturated carbocycles. The summed E-state index contributed by atoms with van der Waals surface area (Å²) in [5, 5.41) is 0.482. The summed E-state index contributed by atoms with van der Waals surface area (Å²) in [5.74, 6) is 2.13. The molecule has 0 amide bonds. The first-order chi connectivity index (χ1) is 9.69. The van der Waals surface area contributed by atoms with E-state index in [0.29, 0.717) is 53.7 Å². The van der Waals surface area contributed by atoms with E-state index in [1.807, 2.05) is 13.8 Å². The molecule has 20 heavy (non-hydrogen) atoms. The molecule has 2 aromatic rings. The maximum Gasteiger partial charge on any atom is 0.258 e. The summed E-state index contributed by atoms with van der Waals surface area (Å²) in [4.78, 5) is 19.2. The van der Waals surface area contributed by atoms with Crippen molar-refractivity contribution in [2.24, 2.45) is 0 Å². The quantitative estimate of drug-likeness (QED) is 0.832. The molecule has 6 heteroatoms. The lowest BCUT2D eigenvalue weighted by atomic mass is 10.2. The molecule has 2 rings (SSSR count). The SMILES string of the molecule is CCOc1cc2nc(CCCl)[nH]c(=O)c2cc1OCC. The number of benzene rings is 1. The molecule has 0 radical (unpaired) electrons. The standard InChI is InChI=1S/C14H17ClN2O3/c1-3-19-11-7-9-10(8-12(11)20-4-2)16-13(5-6-15)17-14(9)18/h7-8H,3-6H2,1-2H3,(H,16,17,18). The van der Waals surface area contributed by atoms with Gasteiger partial charge in [0.1, 0.15) is 5.82 Å². The predicted molar refractivity (Wildman–Crippen MR) is 79.1 cm³/mol. The van der Waals surface area contributed by atoms with Gasteiger partial charge in [-0.2, -0.15) is 0 Å². The van der Waals surface area contributed by atoms with Crippen LogP contribution in [0.3, 0.4) is 0 Å². The van der Waals surface area contributed by atoms with E-state index in [1.165, 1.54) is 0 Å². The third-order valence-corrected chi connectivity index (χ3v) is 2.94. The maximum atomic E-state index is 12.1. The summed E-state index contributed by atoms with van der Waals surface area (Å²) in [6, 6.07) is 3.40. The second kappa shape index (κ2) is 6.61. The Kier molecular flexibility index (Phi) is 4.84. The molecule has 5 nitrogen and oxygen atoms in total. The number of aromatic nitrogens is 2. The van der Waals surface area contributed by atoms with Gasteiger partial charge in [-0.15, -0.1) is 11.6 Å². The monoisotopic (exact) mass is 296 g/mol. The highest BCUT2D eigenvalue weighted by Gasteiger charge is 2.11. The summed E-state index contributed by atoms with van der Waals surface area (Å²) in [5.41, 5.74) is 0.389. The lowest BCUT2D eigenvalue weighted by Gasteiger charge is -2.12. The Morgan fingerprint density at radius 3 is 2.45 bits per heavy atom. The molecule has 1 aromatic heterocycles. The number of rotatable bonds is 6. The number of hydrogen-bond donors (Lipinski definition) is 1. The summed E-state index contributed by atoms with van der Waals surface area (Å²) in [6.07, 6.45) is 0.518. The Labute approximate surface area is 121 Å². The highest BCUT2D eigenvalue weighted by molar-refractivity contribution is 6.17. The molecule has 1 N–H and O–H groups in total. The number of halogens is 1. The fourth-order valence-corrected chi connectivity index (χ4v) is 2.12. The average molecular weight is 297 g/mol. The lowest BCUT2D eigenvalue weighted by Crippen LogP contribution is -2.13. The van der Waals surface area contributed by atoms with Crippen LogP contribution in [0.4, 0.5) is 0 Å². The number of ether oxygens (including phenoxy) is 2. The van der Waals surface area contributed by atoms with Gasteiger partial charge in [0.25, 0.3) is 5.56 Å². The number of nitrogens with one attached hydrogen (secondary N) is 1. The van der Waals surface area contributed by atoms with Crippen LogP contribution in [-0.2, 0) is 6.42 Å². The first-order valence-corrected chi connectivity index (χ1v) is 7.11. The Morgan fingerprint density at radius 2 is 1.85 bits per heavy atom. The molecule has 0 saturated heterocycles. The number of H-pyrrole nitrogens is 1. The molecule has 0 unspecified atom stereocenters. The van der Waals surface area contributed by atoms with Gasteiger partial charge in [-0.3, -0.25) is 4.79 Å². The Bertz CT molecular complexity index is 655. The molecule has 0 fully saturated rings. The van der Waals surface area contributed by atoms with Gasteiger partial charge in [0.2, 0.25) is 0 Å². The van der Waals surface area contributed by atoms with Crippen molar-refractivity contribution in [1.82, 2.24) is 9.97 Å². The van der Waals surface area contributed by atoms with Crippen molar-refractivity contribution >= 4 is 22.5 Å². The number of aryl methyl sites for hydroxylation is 1. The lowest BCUT2D eigenvalue weighted by molar-refractivity contribution is 0.288. The van der Waals surface area contributed by atoms with Crippen molar-refractivity contribution in [2.75, 3.05) is 19.1 Å². The minimum Gasteiger partial charge on any atom is -0.490 e. The number of nitrogens with zero attached hydrogens (tertiary/aromatic N) is 1. The zero-order valence-electron chi connectivity index (χ0n) is 11.5. The highest BCUT2D eigenvalue weighted by atomic mass is 35.5. The second-order valence-electron chi connectivity index (χ2n) is 4.13. The average Bonchev–Trinajstić information content (AvgIpc) is 2.41. The minimum absolute atomic E-state index is 0.195. The molecule has 0 aliphatic heterocycles. The number of alkyl halides is 1. The Morgan fingerprint density at radius 1 is 1.20 bits per heavy atom. The van der Waals surface area contributed by atoms with E-state index in [0.717, 1.165) is 0 Å². The molecular formula is C14H17ClN2O3. The largest absolute Gasteiger partial charge is 0.490 e. The number of fused-ring (bicyclic) bond motifs is 1. The van der Waals surface area contributed by atoms with Crippen LogP contribution in [0.15, 0.2) is 16.9 Å². The van der Waals surface area contributed by atoms with Gasteiger partial charge in [-0.05, 0) is 19.9 Å². The van der Waals surface area contributed by atoms with Crippen LogP contribution in [0.1, 0.15) is 19.7 Å². The van der Waals surface area contributed by atoms with Gasteiger partial charge < -0.3 is 14.5 Å². The van der Waals surface area contributed by atoms with Crippen LogP contribution in [-0.4, -0.2) is 29.1 Å². The third kappa shape index (κ3) is 3.04. The Hall–Kier alpha value is -1.75. The smallest absolute Gasteiger partial charge is 0.258 e. The molecular weight excluding hydrogens is 280 g/mol. The number of hydrogen-bond acceptors (Lipinski definition) is 4. The summed E-state index contributed by atoms with van der Waals surface area (Å²) in [7, 11) is 0. The topological polar surface area (TPSA) is 64.2 Å². The second-order valence-corrected chi connectivity index (χ2v) is 4.51. The maximum absolute atomic E-state index is 12.1. The third-order valence-electron chi connectivity index (χ3n) is 2.75. The van der Waals surface area contributed by atoms with Crippen LogP contribution < -0.4 is 15.0 Å². The van der Waals surface area contributed by atoms with Crippen molar-refractivity contribution in [3.05, 3.63) is 28.3 Å². The van der Waals surface area contributed by atoms with Crippen LogP contribution in [0.2, 0.25) is 0 Å². The van der Waals surface area contributed by atoms with Crippen LogP contribution in [0, 0.1) is 0 Å². The van der Waals surface area contributed by atoms with Gasteiger partial charge in [-0.1, -0.05) is 0 Å². The van der Waals surface area contributed by atoms with Gasteiger partial charge in [-0.25, -0.2) is 4.98 Å². The van der Waals surface area contributed by atoms with Crippen LogP contribution in [0.5, 0.6) is 11.5 Å². The number of aromatic amines is 1. The van der Waals surface area contributed by atoms with Crippen molar-refractivity contribution in [3.63, 3.8) is 0 Å². The van der Waals surface area contributed by atoms with E-state index < -0.39 is 0 Å². The van der Waals surface area contributed by atoms with E-state index in [-0.39, 0.29) is 5.56 Å². The summed E-state index contributed by atoms with van der Waals surface area (Å²) < 4.78 is 11.0. The van der Waals surface area contributed by atoms with E-state index in [4.69, 9.17) is 21.1 Å². The zero-order valence-corrected chi connectivity index (χ0v) is 12.3.